The minimum Gasteiger partial charge on any atom is -0.314 e. The Balaban J connectivity index is 2.21. The Morgan fingerprint density at radius 1 is 1.38 bits per heavy atom. The predicted molar refractivity (Wildman–Crippen MR) is 72.2 cm³/mol. The molecule has 1 rings (SSSR count). The number of rotatable bonds is 7. The smallest absolute Gasteiger partial charge is 0.0363 e. The lowest BCUT2D eigenvalue weighted by molar-refractivity contribution is 0.523. The highest BCUT2D eigenvalue weighted by Gasteiger charge is 2.28. The molecule has 0 aliphatic heterocycles. The average molecular weight is 245 g/mol. The van der Waals surface area contributed by atoms with Gasteiger partial charge in [0.15, 0.2) is 0 Å². The molecule has 1 N–H and O–H groups in total. The van der Waals surface area contributed by atoms with Gasteiger partial charge >= 0.3 is 0 Å². The first-order valence-electron chi connectivity index (χ1n) is 6.74. The van der Waals surface area contributed by atoms with Crippen molar-refractivity contribution in [3.63, 3.8) is 0 Å². The molecule has 0 radical (unpaired) electrons. The SMILES string of the molecule is CCCNC1CCC(S(=O)CCC(C)C)C1. The number of hydrogen-bond donors (Lipinski definition) is 1. The Labute approximate surface area is 103 Å². The average Bonchev–Trinajstić information content (AvgIpc) is 2.71. The fraction of sp³-hybridized carbons (Fsp3) is 1.00. The fourth-order valence-electron chi connectivity index (χ4n) is 2.23. The van der Waals surface area contributed by atoms with E-state index in [1.807, 2.05) is 0 Å². The summed E-state index contributed by atoms with van der Waals surface area (Å²) in [6.45, 7) is 7.71. The molecule has 0 bridgehead atoms. The first-order valence-corrected chi connectivity index (χ1v) is 8.12. The van der Waals surface area contributed by atoms with Gasteiger partial charge in [0.1, 0.15) is 0 Å². The molecule has 1 saturated carbocycles. The molecule has 2 nitrogen and oxygen atoms in total. The van der Waals surface area contributed by atoms with E-state index in [2.05, 4.69) is 26.1 Å². The summed E-state index contributed by atoms with van der Waals surface area (Å²) in [5.74, 6) is 1.59. The molecule has 96 valence electrons. The van der Waals surface area contributed by atoms with E-state index in [0.29, 0.717) is 17.2 Å². The minimum atomic E-state index is -0.582. The van der Waals surface area contributed by atoms with Gasteiger partial charge in [0, 0.05) is 27.8 Å². The highest BCUT2D eigenvalue weighted by atomic mass is 32.2. The van der Waals surface area contributed by atoms with Gasteiger partial charge in [-0.2, -0.15) is 0 Å². The van der Waals surface area contributed by atoms with E-state index < -0.39 is 10.8 Å². The molecule has 0 amide bonds. The summed E-state index contributed by atoms with van der Waals surface area (Å²) in [6, 6.07) is 0.632. The van der Waals surface area contributed by atoms with Crippen LogP contribution < -0.4 is 5.32 Å². The van der Waals surface area contributed by atoms with E-state index in [1.54, 1.807) is 0 Å². The molecule has 0 aromatic rings. The Morgan fingerprint density at radius 3 is 2.75 bits per heavy atom. The Kier molecular flexibility index (Phi) is 6.59. The largest absolute Gasteiger partial charge is 0.314 e. The van der Waals surface area contributed by atoms with Gasteiger partial charge in [-0.1, -0.05) is 20.8 Å². The van der Waals surface area contributed by atoms with E-state index in [4.69, 9.17) is 0 Å². The van der Waals surface area contributed by atoms with E-state index >= 15 is 0 Å². The van der Waals surface area contributed by atoms with Crippen LogP contribution in [0.3, 0.4) is 0 Å². The molecule has 16 heavy (non-hydrogen) atoms. The third kappa shape index (κ3) is 4.96. The molecular formula is C13H27NOS. The van der Waals surface area contributed by atoms with E-state index in [1.165, 1.54) is 12.8 Å². The van der Waals surface area contributed by atoms with Crippen molar-refractivity contribution < 1.29 is 4.21 Å². The molecule has 0 aromatic carbocycles. The van der Waals surface area contributed by atoms with E-state index in [-0.39, 0.29) is 0 Å². The zero-order valence-electron chi connectivity index (χ0n) is 11.0. The molecule has 1 aliphatic rings. The summed E-state index contributed by atoms with van der Waals surface area (Å²) in [6.07, 6.45) is 5.81. The van der Waals surface area contributed by atoms with Crippen LogP contribution in [-0.4, -0.2) is 27.8 Å². The highest BCUT2D eigenvalue weighted by Crippen LogP contribution is 2.24. The maximum absolute atomic E-state index is 12.1. The van der Waals surface area contributed by atoms with Gasteiger partial charge in [0.25, 0.3) is 0 Å². The van der Waals surface area contributed by atoms with Gasteiger partial charge < -0.3 is 5.32 Å². The molecular weight excluding hydrogens is 218 g/mol. The maximum atomic E-state index is 12.1. The van der Waals surface area contributed by atoms with Gasteiger partial charge in [-0.15, -0.1) is 0 Å². The van der Waals surface area contributed by atoms with Crippen LogP contribution in [-0.2, 0) is 10.8 Å². The third-order valence-corrected chi connectivity index (χ3v) is 5.15. The summed E-state index contributed by atoms with van der Waals surface area (Å²) >= 11 is 0. The number of nitrogens with one attached hydrogen (secondary N) is 1. The second-order valence-corrected chi connectivity index (χ2v) is 7.19. The normalized spacial score (nSPS) is 27.5. The first kappa shape index (κ1) is 14.2. The predicted octanol–water partition coefficient (Wildman–Crippen LogP) is 2.70. The molecule has 0 heterocycles. The van der Waals surface area contributed by atoms with Crippen molar-refractivity contribution >= 4 is 10.8 Å². The van der Waals surface area contributed by atoms with E-state index in [9.17, 15) is 4.21 Å². The van der Waals surface area contributed by atoms with Crippen LogP contribution >= 0.6 is 0 Å². The fourth-order valence-corrected chi connectivity index (χ4v) is 4.11. The molecule has 3 atom stereocenters. The van der Waals surface area contributed by atoms with Gasteiger partial charge in [0.05, 0.1) is 0 Å². The molecule has 3 unspecified atom stereocenters. The van der Waals surface area contributed by atoms with Gasteiger partial charge in [0.2, 0.25) is 0 Å². The Bertz CT molecular complexity index is 218. The lowest BCUT2D eigenvalue weighted by Crippen LogP contribution is -2.28. The standard InChI is InChI=1S/C13H27NOS/c1-4-8-14-12-5-6-13(10-12)16(15)9-7-11(2)3/h11-14H,4-10H2,1-3H3. The summed E-state index contributed by atoms with van der Waals surface area (Å²) in [5.41, 5.74) is 0. The van der Waals surface area contributed by atoms with Crippen molar-refractivity contribution in [1.82, 2.24) is 5.32 Å². The van der Waals surface area contributed by atoms with Gasteiger partial charge in [-0.3, -0.25) is 4.21 Å². The zero-order chi connectivity index (χ0) is 12.0. The second-order valence-electron chi connectivity index (χ2n) is 5.35. The molecule has 1 aliphatic carbocycles. The van der Waals surface area contributed by atoms with Crippen LogP contribution in [0.1, 0.15) is 52.9 Å². The van der Waals surface area contributed by atoms with Crippen LogP contribution in [0.2, 0.25) is 0 Å². The molecule has 0 spiro atoms. The van der Waals surface area contributed by atoms with Gasteiger partial charge in [-0.05, 0) is 44.6 Å². The third-order valence-electron chi connectivity index (χ3n) is 3.34. The van der Waals surface area contributed by atoms with Crippen molar-refractivity contribution in [1.29, 1.82) is 0 Å². The van der Waals surface area contributed by atoms with E-state index in [0.717, 1.165) is 31.6 Å². The first-order chi connectivity index (χ1) is 7.63. The van der Waals surface area contributed by atoms with Crippen molar-refractivity contribution in [3.8, 4) is 0 Å². The zero-order valence-corrected chi connectivity index (χ0v) is 11.8. The monoisotopic (exact) mass is 245 g/mol. The van der Waals surface area contributed by atoms with Crippen molar-refractivity contribution in [2.24, 2.45) is 5.92 Å². The summed E-state index contributed by atoms with van der Waals surface area (Å²) in [4.78, 5) is 0. The van der Waals surface area contributed by atoms with Crippen LogP contribution in [0.15, 0.2) is 0 Å². The molecule has 3 heteroatoms. The molecule has 1 fully saturated rings. The van der Waals surface area contributed by atoms with Crippen LogP contribution in [0.25, 0.3) is 0 Å². The molecule has 0 saturated heterocycles. The van der Waals surface area contributed by atoms with Crippen molar-refractivity contribution in [2.45, 2.75) is 64.2 Å². The lowest BCUT2D eigenvalue weighted by atomic mass is 10.2. The summed E-state index contributed by atoms with van der Waals surface area (Å²) < 4.78 is 12.1. The maximum Gasteiger partial charge on any atom is 0.0363 e. The Morgan fingerprint density at radius 2 is 2.12 bits per heavy atom. The second kappa shape index (κ2) is 7.44. The summed E-state index contributed by atoms with van der Waals surface area (Å²) in [7, 11) is -0.582. The lowest BCUT2D eigenvalue weighted by Gasteiger charge is -2.13. The molecule has 0 aromatic heterocycles. The summed E-state index contributed by atoms with van der Waals surface area (Å²) in [5, 5.41) is 4.01. The number of hydrogen-bond acceptors (Lipinski definition) is 2. The van der Waals surface area contributed by atoms with Crippen LogP contribution in [0.5, 0.6) is 0 Å². The minimum absolute atomic E-state index is 0.466. The highest BCUT2D eigenvalue weighted by molar-refractivity contribution is 7.85. The van der Waals surface area contributed by atoms with Gasteiger partial charge in [-0.25, -0.2) is 0 Å². The Hall–Kier alpha value is 0.110. The topological polar surface area (TPSA) is 29.1 Å². The van der Waals surface area contributed by atoms with Crippen LogP contribution in [0, 0.1) is 5.92 Å². The quantitative estimate of drug-likeness (QED) is 0.747. The van der Waals surface area contributed by atoms with Crippen LogP contribution in [0.4, 0.5) is 0 Å². The van der Waals surface area contributed by atoms with Crippen molar-refractivity contribution in [2.75, 3.05) is 12.3 Å². The van der Waals surface area contributed by atoms with Crippen molar-refractivity contribution in [3.05, 3.63) is 0 Å².